The summed E-state index contributed by atoms with van der Waals surface area (Å²) in [5.74, 6) is 0.0609. The Hall–Kier alpha value is -1.43. The van der Waals surface area contributed by atoms with Crippen molar-refractivity contribution in [1.29, 1.82) is 0 Å². The summed E-state index contributed by atoms with van der Waals surface area (Å²) in [5, 5.41) is 10.6. The summed E-state index contributed by atoms with van der Waals surface area (Å²) < 4.78 is 0.605. The van der Waals surface area contributed by atoms with Crippen LogP contribution in [0.4, 0.5) is 5.69 Å². The van der Waals surface area contributed by atoms with Gasteiger partial charge in [0.05, 0.1) is 11.3 Å². The molecule has 5 nitrogen and oxygen atoms in total. The van der Waals surface area contributed by atoms with Gasteiger partial charge in [-0.1, -0.05) is 22.0 Å². The van der Waals surface area contributed by atoms with Gasteiger partial charge in [0.2, 0.25) is 5.91 Å². The molecule has 1 aromatic carbocycles. The monoisotopic (exact) mass is 326 g/mol. The van der Waals surface area contributed by atoms with Crippen molar-refractivity contribution >= 4 is 27.5 Å². The molecule has 1 saturated heterocycles. The highest BCUT2D eigenvalue weighted by molar-refractivity contribution is 9.10. The van der Waals surface area contributed by atoms with E-state index in [9.17, 15) is 14.9 Å². The topological polar surface area (TPSA) is 63.5 Å². The molecule has 2 rings (SSSR count). The van der Waals surface area contributed by atoms with Crippen LogP contribution in [0.5, 0.6) is 0 Å². The number of rotatable bonds is 3. The smallest absolute Gasteiger partial charge is 0.270 e. The molecule has 1 amide bonds. The van der Waals surface area contributed by atoms with Crippen molar-refractivity contribution < 1.29 is 9.72 Å². The second-order valence-corrected chi connectivity index (χ2v) is 6.17. The number of hydrogen-bond acceptors (Lipinski definition) is 3. The van der Waals surface area contributed by atoms with Crippen molar-refractivity contribution in [2.75, 3.05) is 6.54 Å². The fourth-order valence-electron chi connectivity index (χ4n) is 2.18. The van der Waals surface area contributed by atoms with Crippen LogP contribution in [0.3, 0.4) is 0 Å². The van der Waals surface area contributed by atoms with Gasteiger partial charge >= 0.3 is 0 Å². The summed E-state index contributed by atoms with van der Waals surface area (Å²) in [7, 11) is 0. The Morgan fingerprint density at radius 1 is 1.53 bits per heavy atom. The molecular formula is C13H15BrN2O3. The van der Waals surface area contributed by atoms with E-state index in [0.29, 0.717) is 4.47 Å². The maximum absolute atomic E-state index is 12.2. The third kappa shape index (κ3) is 2.78. The van der Waals surface area contributed by atoms with Gasteiger partial charge in [0, 0.05) is 28.7 Å². The van der Waals surface area contributed by atoms with Gasteiger partial charge in [0.15, 0.2) is 0 Å². The molecule has 0 N–H and O–H groups in total. The molecule has 0 aromatic heterocycles. The molecule has 102 valence electrons. The Morgan fingerprint density at radius 2 is 2.21 bits per heavy atom. The van der Waals surface area contributed by atoms with Crippen LogP contribution >= 0.6 is 15.9 Å². The molecule has 0 spiro atoms. The second-order valence-electron chi connectivity index (χ2n) is 5.32. The van der Waals surface area contributed by atoms with Gasteiger partial charge in [-0.25, -0.2) is 0 Å². The molecule has 0 radical (unpaired) electrons. The number of hydrogen-bond donors (Lipinski definition) is 0. The Morgan fingerprint density at radius 3 is 2.63 bits per heavy atom. The Kier molecular flexibility index (Phi) is 3.62. The summed E-state index contributed by atoms with van der Waals surface area (Å²) in [5.41, 5.74) is 0.732. The molecule has 1 fully saturated rings. The van der Waals surface area contributed by atoms with E-state index >= 15 is 0 Å². The number of nitro benzene ring substituents is 1. The summed E-state index contributed by atoms with van der Waals surface area (Å²) in [6.45, 7) is 4.87. The van der Waals surface area contributed by atoms with Gasteiger partial charge in [-0.05, 0) is 25.8 Å². The van der Waals surface area contributed by atoms with Crippen molar-refractivity contribution in [3.63, 3.8) is 0 Å². The van der Waals surface area contributed by atoms with Crippen molar-refractivity contribution in [2.24, 2.45) is 0 Å². The molecule has 6 heteroatoms. The highest BCUT2D eigenvalue weighted by Crippen LogP contribution is 2.31. The van der Waals surface area contributed by atoms with E-state index in [0.717, 1.165) is 18.5 Å². The number of likely N-dealkylation sites (tertiary alicyclic amines) is 1. The second kappa shape index (κ2) is 4.92. The van der Waals surface area contributed by atoms with Crippen LogP contribution in [0.25, 0.3) is 0 Å². The Labute approximate surface area is 119 Å². The SMILES string of the molecule is CC1(C)CCN1C(=O)Cc1ccc([N+](=O)[O-])cc1Br. The molecule has 1 aliphatic heterocycles. The lowest BCUT2D eigenvalue weighted by Gasteiger charge is -2.48. The first-order chi connectivity index (χ1) is 8.81. The molecule has 19 heavy (non-hydrogen) atoms. The van der Waals surface area contributed by atoms with Crippen molar-refractivity contribution in [3.05, 3.63) is 38.3 Å². The number of carbonyl (C=O) groups is 1. The van der Waals surface area contributed by atoms with E-state index in [1.165, 1.54) is 12.1 Å². The van der Waals surface area contributed by atoms with E-state index in [2.05, 4.69) is 15.9 Å². The van der Waals surface area contributed by atoms with Gasteiger partial charge in [-0.15, -0.1) is 0 Å². The summed E-state index contributed by atoms with van der Waals surface area (Å²) >= 11 is 3.29. The molecule has 1 heterocycles. The highest BCUT2D eigenvalue weighted by Gasteiger charge is 2.38. The lowest BCUT2D eigenvalue weighted by molar-refractivity contribution is -0.384. The molecule has 0 saturated carbocycles. The highest BCUT2D eigenvalue weighted by atomic mass is 79.9. The first-order valence-electron chi connectivity index (χ1n) is 6.04. The van der Waals surface area contributed by atoms with E-state index in [-0.39, 0.29) is 23.6 Å². The molecule has 0 bridgehead atoms. The lowest BCUT2D eigenvalue weighted by atomic mass is 9.88. The standard InChI is InChI=1S/C13H15BrN2O3/c1-13(2)5-6-15(13)12(17)7-9-3-4-10(16(18)19)8-11(9)14/h3-4,8H,5-7H2,1-2H3. The number of nitro groups is 1. The van der Waals surface area contributed by atoms with Gasteiger partial charge in [0.1, 0.15) is 0 Å². The van der Waals surface area contributed by atoms with Gasteiger partial charge in [-0.2, -0.15) is 0 Å². The predicted octanol–water partition coefficient (Wildman–Crippen LogP) is 2.91. The zero-order valence-electron chi connectivity index (χ0n) is 10.9. The lowest BCUT2D eigenvalue weighted by Crippen LogP contribution is -2.58. The number of benzene rings is 1. The quantitative estimate of drug-likeness (QED) is 0.633. The van der Waals surface area contributed by atoms with Crippen LogP contribution in [0.1, 0.15) is 25.8 Å². The van der Waals surface area contributed by atoms with Crippen LogP contribution in [0, 0.1) is 10.1 Å². The van der Waals surface area contributed by atoms with E-state index in [1.807, 2.05) is 18.7 Å². The summed E-state index contributed by atoms with van der Waals surface area (Å²) in [6, 6.07) is 4.49. The number of amides is 1. The maximum Gasteiger partial charge on any atom is 0.270 e. The first kappa shape index (κ1) is 14.0. The van der Waals surface area contributed by atoms with Crippen LogP contribution in [0.15, 0.2) is 22.7 Å². The van der Waals surface area contributed by atoms with Crippen molar-refractivity contribution in [2.45, 2.75) is 32.2 Å². The summed E-state index contributed by atoms with van der Waals surface area (Å²) in [4.78, 5) is 24.2. The number of halogens is 1. The van der Waals surface area contributed by atoms with Crippen molar-refractivity contribution in [3.8, 4) is 0 Å². The van der Waals surface area contributed by atoms with Crippen LogP contribution in [-0.4, -0.2) is 27.8 Å². The third-order valence-corrected chi connectivity index (χ3v) is 4.31. The normalized spacial score (nSPS) is 16.9. The zero-order chi connectivity index (χ0) is 14.2. The van der Waals surface area contributed by atoms with Gasteiger partial charge < -0.3 is 4.90 Å². The van der Waals surface area contributed by atoms with E-state index < -0.39 is 4.92 Å². The number of carbonyl (C=O) groups excluding carboxylic acids is 1. The van der Waals surface area contributed by atoms with Crippen molar-refractivity contribution in [1.82, 2.24) is 4.90 Å². The molecule has 1 aromatic rings. The molecule has 1 aliphatic rings. The van der Waals surface area contributed by atoms with Crippen LogP contribution < -0.4 is 0 Å². The van der Waals surface area contributed by atoms with Crippen LogP contribution in [0.2, 0.25) is 0 Å². The Balaban J connectivity index is 2.11. The first-order valence-corrected chi connectivity index (χ1v) is 6.84. The van der Waals surface area contributed by atoms with Crippen LogP contribution in [-0.2, 0) is 11.2 Å². The number of nitrogens with zero attached hydrogens (tertiary/aromatic N) is 2. The van der Waals surface area contributed by atoms with E-state index in [4.69, 9.17) is 0 Å². The Bertz CT molecular complexity index is 543. The maximum atomic E-state index is 12.2. The third-order valence-electron chi connectivity index (χ3n) is 3.57. The summed E-state index contributed by atoms with van der Waals surface area (Å²) in [6.07, 6.45) is 1.28. The average molecular weight is 327 g/mol. The van der Waals surface area contributed by atoms with E-state index in [1.54, 1.807) is 6.07 Å². The molecular weight excluding hydrogens is 312 g/mol. The van der Waals surface area contributed by atoms with Gasteiger partial charge in [-0.3, -0.25) is 14.9 Å². The molecule has 0 unspecified atom stereocenters. The minimum Gasteiger partial charge on any atom is -0.337 e. The average Bonchev–Trinajstić information content (AvgIpc) is 2.30. The minimum absolute atomic E-state index is 0.0207. The largest absolute Gasteiger partial charge is 0.337 e. The number of non-ortho nitro benzene ring substituents is 1. The zero-order valence-corrected chi connectivity index (χ0v) is 12.4. The fourth-order valence-corrected chi connectivity index (χ4v) is 2.69. The van der Waals surface area contributed by atoms with Gasteiger partial charge in [0.25, 0.3) is 5.69 Å². The minimum atomic E-state index is -0.450. The molecule has 0 aliphatic carbocycles. The predicted molar refractivity (Wildman–Crippen MR) is 74.9 cm³/mol. The molecule has 0 atom stereocenters. The fraction of sp³-hybridized carbons (Fsp3) is 0.462.